The second-order valence-electron chi connectivity index (χ2n) is 3.98. The summed E-state index contributed by atoms with van der Waals surface area (Å²) in [5, 5.41) is 3.08. The highest BCUT2D eigenvalue weighted by Gasteiger charge is 2.05. The molecule has 98 valence electrons. The molecule has 0 aromatic carbocycles. The number of furan rings is 1. The molecule has 0 unspecified atom stereocenters. The Balaban J connectivity index is 2.23. The van der Waals surface area contributed by atoms with Crippen LogP contribution in [0.15, 0.2) is 16.7 Å². The molecule has 17 heavy (non-hydrogen) atoms. The first kappa shape index (κ1) is 14.2. The van der Waals surface area contributed by atoms with Crippen molar-refractivity contribution in [1.82, 2.24) is 10.2 Å². The van der Waals surface area contributed by atoms with Crippen LogP contribution in [0.3, 0.4) is 0 Å². The molecule has 0 aliphatic carbocycles. The van der Waals surface area contributed by atoms with Gasteiger partial charge in [-0.1, -0.05) is 13.8 Å². The van der Waals surface area contributed by atoms with Gasteiger partial charge in [0.15, 0.2) is 0 Å². The second-order valence-corrected chi connectivity index (χ2v) is 3.98. The molecule has 0 spiro atoms. The van der Waals surface area contributed by atoms with E-state index in [4.69, 9.17) is 9.15 Å². The summed E-state index contributed by atoms with van der Waals surface area (Å²) in [6.45, 7) is 9.65. The van der Waals surface area contributed by atoms with E-state index < -0.39 is 0 Å². The summed E-state index contributed by atoms with van der Waals surface area (Å²) >= 11 is 0. The van der Waals surface area contributed by atoms with Gasteiger partial charge in [-0.3, -0.25) is 0 Å². The van der Waals surface area contributed by atoms with Crippen molar-refractivity contribution in [2.75, 3.05) is 33.3 Å². The maximum Gasteiger partial charge on any atom is 0.123 e. The highest BCUT2D eigenvalue weighted by molar-refractivity contribution is 5.15. The van der Waals surface area contributed by atoms with Crippen LogP contribution >= 0.6 is 0 Å². The Morgan fingerprint density at radius 2 is 2.12 bits per heavy atom. The molecular formula is C13H24N2O2. The number of likely N-dealkylation sites (N-methyl/N-ethyl adjacent to an activating group) is 1. The van der Waals surface area contributed by atoms with Crippen molar-refractivity contribution >= 4 is 0 Å². The van der Waals surface area contributed by atoms with Crippen molar-refractivity contribution in [2.24, 2.45) is 0 Å². The molecule has 4 heteroatoms. The monoisotopic (exact) mass is 240 g/mol. The molecule has 0 aliphatic rings. The molecule has 0 aliphatic heterocycles. The summed E-state index contributed by atoms with van der Waals surface area (Å²) in [6, 6.07) is 1.98. The molecule has 1 N–H and O–H groups in total. The van der Waals surface area contributed by atoms with E-state index in [2.05, 4.69) is 24.1 Å². The highest BCUT2D eigenvalue weighted by Crippen LogP contribution is 2.11. The van der Waals surface area contributed by atoms with Gasteiger partial charge in [0.1, 0.15) is 5.76 Å². The van der Waals surface area contributed by atoms with Crippen LogP contribution < -0.4 is 5.32 Å². The zero-order chi connectivity index (χ0) is 12.5. The topological polar surface area (TPSA) is 37.6 Å². The van der Waals surface area contributed by atoms with E-state index in [1.807, 2.05) is 13.1 Å². The third-order valence-corrected chi connectivity index (χ3v) is 2.88. The molecule has 0 amide bonds. The number of hydrogen-bond acceptors (Lipinski definition) is 4. The Bertz CT molecular complexity index is 295. The minimum absolute atomic E-state index is 0.634. The van der Waals surface area contributed by atoms with E-state index >= 15 is 0 Å². The number of nitrogens with zero attached hydrogens (tertiary/aromatic N) is 1. The number of nitrogens with one attached hydrogen (secondary N) is 1. The molecule has 1 rings (SSSR count). The zero-order valence-electron chi connectivity index (χ0n) is 11.2. The van der Waals surface area contributed by atoms with Crippen molar-refractivity contribution < 1.29 is 9.15 Å². The van der Waals surface area contributed by atoms with Gasteiger partial charge in [-0.2, -0.15) is 0 Å². The van der Waals surface area contributed by atoms with E-state index in [1.165, 1.54) is 0 Å². The molecule has 0 saturated carbocycles. The molecule has 4 nitrogen and oxygen atoms in total. The van der Waals surface area contributed by atoms with Gasteiger partial charge in [-0.15, -0.1) is 0 Å². The minimum Gasteiger partial charge on any atom is -0.468 e. The molecular weight excluding hydrogens is 216 g/mol. The summed E-state index contributed by atoms with van der Waals surface area (Å²) in [4.78, 5) is 2.35. The van der Waals surface area contributed by atoms with Gasteiger partial charge in [0.2, 0.25) is 0 Å². The van der Waals surface area contributed by atoms with Crippen molar-refractivity contribution in [3.8, 4) is 0 Å². The van der Waals surface area contributed by atoms with E-state index in [1.54, 1.807) is 6.26 Å². The van der Waals surface area contributed by atoms with Crippen LogP contribution in [0.4, 0.5) is 0 Å². The smallest absolute Gasteiger partial charge is 0.123 e. The summed E-state index contributed by atoms with van der Waals surface area (Å²) in [5.74, 6) is 0.968. The Labute approximate surface area is 104 Å². The third-order valence-electron chi connectivity index (χ3n) is 2.88. The van der Waals surface area contributed by atoms with Gasteiger partial charge in [-0.25, -0.2) is 0 Å². The molecule has 0 atom stereocenters. The Kier molecular flexibility index (Phi) is 6.93. The second kappa shape index (κ2) is 8.28. The van der Waals surface area contributed by atoms with Crippen LogP contribution in [0, 0.1) is 0 Å². The van der Waals surface area contributed by atoms with Crippen molar-refractivity contribution in [1.29, 1.82) is 0 Å². The average Bonchev–Trinajstić information content (AvgIpc) is 2.78. The molecule has 0 radical (unpaired) electrons. The third kappa shape index (κ3) is 4.89. The van der Waals surface area contributed by atoms with Gasteiger partial charge >= 0.3 is 0 Å². The van der Waals surface area contributed by atoms with Gasteiger partial charge < -0.3 is 19.4 Å². The molecule has 1 aromatic heterocycles. The van der Waals surface area contributed by atoms with Gasteiger partial charge in [-0.05, 0) is 26.2 Å². The first-order valence-corrected chi connectivity index (χ1v) is 6.31. The average molecular weight is 240 g/mol. The Morgan fingerprint density at radius 3 is 2.76 bits per heavy atom. The Morgan fingerprint density at radius 1 is 1.35 bits per heavy atom. The number of rotatable bonds is 9. The predicted molar refractivity (Wildman–Crippen MR) is 68.9 cm³/mol. The summed E-state index contributed by atoms with van der Waals surface area (Å²) in [5.41, 5.74) is 1.14. The summed E-state index contributed by atoms with van der Waals surface area (Å²) in [6.07, 6.45) is 1.72. The fourth-order valence-electron chi connectivity index (χ4n) is 1.73. The molecule has 0 fully saturated rings. The van der Waals surface area contributed by atoms with Crippen LogP contribution in [0.1, 0.15) is 25.2 Å². The lowest BCUT2D eigenvalue weighted by molar-refractivity contribution is 0.0946. The lowest BCUT2D eigenvalue weighted by Crippen LogP contribution is -2.27. The standard InChI is InChI=1S/C13H24N2O2/c1-4-15(5-2)7-9-16-11-12-6-8-17-13(12)10-14-3/h6,8,14H,4-5,7,9-11H2,1-3H3. The van der Waals surface area contributed by atoms with Gasteiger partial charge in [0.05, 0.1) is 26.0 Å². The highest BCUT2D eigenvalue weighted by atomic mass is 16.5. The van der Waals surface area contributed by atoms with Gasteiger partial charge in [0, 0.05) is 12.1 Å². The van der Waals surface area contributed by atoms with Crippen LogP contribution in [-0.2, 0) is 17.9 Å². The lowest BCUT2D eigenvalue weighted by Gasteiger charge is -2.17. The fraction of sp³-hybridized carbons (Fsp3) is 0.692. The number of hydrogen-bond donors (Lipinski definition) is 1. The maximum atomic E-state index is 5.67. The van der Waals surface area contributed by atoms with Crippen LogP contribution in [-0.4, -0.2) is 38.2 Å². The largest absolute Gasteiger partial charge is 0.468 e. The van der Waals surface area contributed by atoms with E-state index in [0.717, 1.165) is 44.1 Å². The van der Waals surface area contributed by atoms with E-state index in [9.17, 15) is 0 Å². The van der Waals surface area contributed by atoms with Crippen LogP contribution in [0.2, 0.25) is 0 Å². The first-order chi connectivity index (χ1) is 8.31. The van der Waals surface area contributed by atoms with E-state index in [0.29, 0.717) is 6.61 Å². The van der Waals surface area contributed by atoms with Crippen molar-refractivity contribution in [3.63, 3.8) is 0 Å². The molecule has 1 aromatic rings. The summed E-state index contributed by atoms with van der Waals surface area (Å²) in [7, 11) is 1.91. The van der Waals surface area contributed by atoms with Crippen molar-refractivity contribution in [3.05, 3.63) is 23.7 Å². The van der Waals surface area contributed by atoms with Crippen LogP contribution in [0.25, 0.3) is 0 Å². The maximum absolute atomic E-state index is 5.67. The quantitative estimate of drug-likeness (QED) is 0.669. The normalized spacial score (nSPS) is 11.3. The molecule has 1 heterocycles. The lowest BCUT2D eigenvalue weighted by atomic mass is 10.2. The van der Waals surface area contributed by atoms with E-state index in [-0.39, 0.29) is 0 Å². The SMILES string of the molecule is CCN(CC)CCOCc1ccoc1CNC. The molecule has 0 saturated heterocycles. The summed E-state index contributed by atoms with van der Waals surface area (Å²) < 4.78 is 11.0. The zero-order valence-corrected chi connectivity index (χ0v) is 11.2. The first-order valence-electron chi connectivity index (χ1n) is 6.31. The Hall–Kier alpha value is -0.840. The van der Waals surface area contributed by atoms with Crippen molar-refractivity contribution in [2.45, 2.75) is 27.0 Å². The molecule has 0 bridgehead atoms. The van der Waals surface area contributed by atoms with Gasteiger partial charge in [0.25, 0.3) is 0 Å². The fourth-order valence-corrected chi connectivity index (χ4v) is 1.73. The minimum atomic E-state index is 0.634. The van der Waals surface area contributed by atoms with Crippen LogP contribution in [0.5, 0.6) is 0 Å². The predicted octanol–water partition coefficient (Wildman–Crippen LogP) is 1.86. The number of ether oxygens (including phenoxy) is 1.